The molecule has 0 aromatic heterocycles. The van der Waals surface area contributed by atoms with E-state index >= 15 is 0 Å². The summed E-state index contributed by atoms with van der Waals surface area (Å²) in [5.74, 6) is -0.0473. The smallest absolute Gasteiger partial charge is 0.244 e. The molecule has 8 heteroatoms. The van der Waals surface area contributed by atoms with Gasteiger partial charge in [0.25, 0.3) is 0 Å². The first kappa shape index (κ1) is 23.7. The van der Waals surface area contributed by atoms with Gasteiger partial charge in [0.2, 0.25) is 15.9 Å². The second-order valence-electron chi connectivity index (χ2n) is 7.68. The highest BCUT2D eigenvalue weighted by atomic mass is 32.2. The lowest BCUT2D eigenvalue weighted by Gasteiger charge is -2.30. The summed E-state index contributed by atoms with van der Waals surface area (Å²) in [5, 5.41) is 2.96. The number of rotatable bonds is 9. The third-order valence-corrected chi connectivity index (χ3v) is 5.93. The summed E-state index contributed by atoms with van der Waals surface area (Å²) in [6.45, 7) is 5.57. The number of anilines is 1. The predicted molar refractivity (Wildman–Crippen MR) is 117 cm³/mol. The Morgan fingerprint density at radius 1 is 1.13 bits per heavy atom. The van der Waals surface area contributed by atoms with E-state index < -0.39 is 27.8 Å². The van der Waals surface area contributed by atoms with Crippen molar-refractivity contribution in [1.29, 1.82) is 0 Å². The lowest BCUT2D eigenvalue weighted by Crippen LogP contribution is -2.48. The van der Waals surface area contributed by atoms with Crippen molar-refractivity contribution in [3.05, 3.63) is 59.9 Å². The standard InChI is InChI=1S/C22H29FN2O4S/c1-15(2)13-21(17-9-11-20(29-4)12-10-17)24-22(26)16(3)25(30(5,27)28)19-8-6-7-18(23)14-19/h6-12,14-16,21H,13H2,1-5H3,(H,24,26)/t16-,21+/m1/s1. The number of hydrogen-bond donors (Lipinski definition) is 1. The summed E-state index contributed by atoms with van der Waals surface area (Å²) < 4.78 is 44.6. The Morgan fingerprint density at radius 3 is 2.27 bits per heavy atom. The van der Waals surface area contributed by atoms with Crippen LogP contribution >= 0.6 is 0 Å². The van der Waals surface area contributed by atoms with Gasteiger partial charge in [-0.3, -0.25) is 9.10 Å². The molecule has 2 atom stereocenters. The van der Waals surface area contributed by atoms with Gasteiger partial charge in [-0.2, -0.15) is 0 Å². The molecule has 0 fully saturated rings. The number of benzene rings is 2. The van der Waals surface area contributed by atoms with Crippen molar-refractivity contribution in [3.63, 3.8) is 0 Å². The first-order chi connectivity index (χ1) is 14.0. The minimum atomic E-state index is -3.82. The van der Waals surface area contributed by atoms with Crippen molar-refractivity contribution < 1.29 is 22.3 Å². The second-order valence-corrected chi connectivity index (χ2v) is 9.54. The van der Waals surface area contributed by atoms with Crippen molar-refractivity contribution in [2.45, 2.75) is 39.3 Å². The highest BCUT2D eigenvalue weighted by molar-refractivity contribution is 7.92. The molecule has 1 amide bonds. The van der Waals surface area contributed by atoms with E-state index in [4.69, 9.17) is 4.74 Å². The van der Waals surface area contributed by atoms with Gasteiger partial charge in [0.05, 0.1) is 25.1 Å². The van der Waals surface area contributed by atoms with Crippen LogP contribution in [0.3, 0.4) is 0 Å². The summed E-state index contributed by atoms with van der Waals surface area (Å²) >= 11 is 0. The number of nitrogens with zero attached hydrogens (tertiary/aromatic N) is 1. The van der Waals surface area contributed by atoms with Crippen molar-refractivity contribution in [2.24, 2.45) is 5.92 Å². The van der Waals surface area contributed by atoms with E-state index in [9.17, 15) is 17.6 Å². The van der Waals surface area contributed by atoms with Crippen LogP contribution in [-0.2, 0) is 14.8 Å². The van der Waals surface area contributed by atoms with Gasteiger partial charge in [0.1, 0.15) is 17.6 Å². The number of amides is 1. The van der Waals surface area contributed by atoms with Crippen LogP contribution in [0.4, 0.5) is 10.1 Å². The van der Waals surface area contributed by atoms with Crippen molar-refractivity contribution in [2.75, 3.05) is 17.7 Å². The van der Waals surface area contributed by atoms with Gasteiger partial charge in [0, 0.05) is 0 Å². The molecule has 0 aliphatic rings. The Hall–Kier alpha value is -2.61. The minimum absolute atomic E-state index is 0.102. The molecule has 0 unspecified atom stereocenters. The number of hydrogen-bond acceptors (Lipinski definition) is 4. The molecule has 0 saturated heterocycles. The molecule has 0 saturated carbocycles. The lowest BCUT2D eigenvalue weighted by molar-refractivity contribution is -0.122. The Morgan fingerprint density at radius 2 is 1.77 bits per heavy atom. The molecule has 2 rings (SSSR count). The molecule has 0 heterocycles. The minimum Gasteiger partial charge on any atom is -0.497 e. The fourth-order valence-corrected chi connectivity index (χ4v) is 4.47. The van der Waals surface area contributed by atoms with Crippen LogP contribution in [0.15, 0.2) is 48.5 Å². The van der Waals surface area contributed by atoms with E-state index in [0.29, 0.717) is 18.1 Å². The normalized spacial score (nSPS) is 13.6. The molecule has 2 aromatic rings. The van der Waals surface area contributed by atoms with Gasteiger partial charge in [-0.25, -0.2) is 12.8 Å². The molecule has 0 aliphatic carbocycles. The van der Waals surface area contributed by atoms with Crippen LogP contribution in [-0.4, -0.2) is 33.7 Å². The topological polar surface area (TPSA) is 75.7 Å². The van der Waals surface area contributed by atoms with Crippen LogP contribution in [0.1, 0.15) is 38.8 Å². The summed E-state index contributed by atoms with van der Waals surface area (Å²) in [4.78, 5) is 13.0. The fourth-order valence-electron chi connectivity index (χ4n) is 3.30. The molecular weight excluding hydrogens is 407 g/mol. The summed E-state index contributed by atoms with van der Waals surface area (Å²) in [6.07, 6.45) is 1.67. The molecular formula is C22H29FN2O4S. The van der Waals surface area contributed by atoms with Crippen LogP contribution < -0.4 is 14.4 Å². The van der Waals surface area contributed by atoms with E-state index in [0.717, 1.165) is 22.2 Å². The molecule has 0 radical (unpaired) electrons. The molecule has 0 aliphatic heterocycles. The maximum Gasteiger partial charge on any atom is 0.244 e. The van der Waals surface area contributed by atoms with E-state index in [2.05, 4.69) is 5.32 Å². The Labute approximate surface area is 178 Å². The van der Waals surface area contributed by atoms with Crippen LogP contribution in [0.25, 0.3) is 0 Å². The monoisotopic (exact) mass is 436 g/mol. The van der Waals surface area contributed by atoms with Gasteiger partial charge in [-0.05, 0) is 55.2 Å². The maximum absolute atomic E-state index is 13.7. The average Bonchev–Trinajstić information content (AvgIpc) is 2.66. The second kappa shape index (κ2) is 9.93. The first-order valence-corrected chi connectivity index (χ1v) is 11.6. The number of ether oxygens (including phenoxy) is 1. The molecule has 0 bridgehead atoms. The van der Waals surface area contributed by atoms with Gasteiger partial charge in [-0.15, -0.1) is 0 Å². The summed E-state index contributed by atoms with van der Waals surface area (Å²) in [6, 6.07) is 11.2. The maximum atomic E-state index is 13.7. The molecule has 164 valence electrons. The fraction of sp³-hybridized carbons (Fsp3) is 0.409. The zero-order valence-corrected chi connectivity index (χ0v) is 18.7. The zero-order valence-electron chi connectivity index (χ0n) is 17.9. The van der Waals surface area contributed by atoms with Crippen molar-refractivity contribution in [3.8, 4) is 5.75 Å². The van der Waals surface area contributed by atoms with Gasteiger partial charge >= 0.3 is 0 Å². The predicted octanol–water partition coefficient (Wildman–Crippen LogP) is 3.89. The lowest BCUT2D eigenvalue weighted by atomic mass is 9.96. The van der Waals surface area contributed by atoms with Crippen LogP contribution in [0.2, 0.25) is 0 Å². The van der Waals surface area contributed by atoms with Crippen molar-refractivity contribution in [1.82, 2.24) is 5.32 Å². The van der Waals surface area contributed by atoms with Crippen LogP contribution in [0, 0.1) is 11.7 Å². The Bertz CT molecular complexity index is 961. The van der Waals surface area contributed by atoms with E-state index in [1.165, 1.54) is 25.1 Å². The van der Waals surface area contributed by atoms with Crippen molar-refractivity contribution >= 4 is 21.6 Å². The number of nitrogens with one attached hydrogen (secondary N) is 1. The van der Waals surface area contributed by atoms with E-state index in [-0.39, 0.29) is 11.7 Å². The molecule has 2 aromatic carbocycles. The quantitative estimate of drug-likeness (QED) is 0.647. The van der Waals surface area contributed by atoms with Crippen LogP contribution in [0.5, 0.6) is 5.75 Å². The zero-order chi connectivity index (χ0) is 22.5. The van der Waals surface area contributed by atoms with Gasteiger partial charge < -0.3 is 10.1 Å². The third-order valence-electron chi connectivity index (χ3n) is 4.69. The number of carbonyl (C=O) groups excluding carboxylic acids is 1. The molecule has 30 heavy (non-hydrogen) atoms. The van der Waals surface area contributed by atoms with Gasteiger partial charge in [0.15, 0.2) is 0 Å². The number of sulfonamides is 1. The molecule has 6 nitrogen and oxygen atoms in total. The number of methoxy groups -OCH3 is 1. The first-order valence-electron chi connectivity index (χ1n) is 9.72. The highest BCUT2D eigenvalue weighted by Crippen LogP contribution is 2.26. The summed E-state index contributed by atoms with van der Waals surface area (Å²) in [5.41, 5.74) is 0.992. The number of carbonyl (C=O) groups is 1. The molecule has 1 N–H and O–H groups in total. The highest BCUT2D eigenvalue weighted by Gasteiger charge is 2.31. The average molecular weight is 437 g/mol. The largest absolute Gasteiger partial charge is 0.497 e. The molecule has 0 spiro atoms. The Balaban J connectivity index is 2.31. The summed E-state index contributed by atoms with van der Waals surface area (Å²) in [7, 11) is -2.24. The SMILES string of the molecule is COc1ccc([C@H](CC(C)C)NC(=O)[C@@H](C)N(c2cccc(F)c2)S(C)(=O)=O)cc1. The van der Waals surface area contributed by atoms with E-state index in [1.54, 1.807) is 7.11 Å². The Kier molecular flexibility index (Phi) is 7.83. The van der Waals surface area contributed by atoms with Gasteiger partial charge in [-0.1, -0.05) is 32.0 Å². The van der Waals surface area contributed by atoms with E-state index in [1.807, 2.05) is 38.1 Å². The third kappa shape index (κ3) is 6.19. The number of halogens is 1.